The van der Waals surface area contributed by atoms with E-state index in [1.165, 1.54) is 24.5 Å². The molecular formula is C22H16F3N5O2. The van der Waals surface area contributed by atoms with E-state index in [0.717, 1.165) is 12.1 Å². The Morgan fingerprint density at radius 3 is 2.47 bits per heavy atom. The molecule has 5 rings (SSSR count). The summed E-state index contributed by atoms with van der Waals surface area (Å²) in [6.45, 7) is 0. The molecule has 0 bridgehead atoms. The van der Waals surface area contributed by atoms with Crippen LogP contribution in [-0.2, 0) is 11.7 Å². The first-order valence-corrected chi connectivity index (χ1v) is 9.78. The molecule has 2 N–H and O–H groups in total. The summed E-state index contributed by atoms with van der Waals surface area (Å²) in [7, 11) is 0. The van der Waals surface area contributed by atoms with Gasteiger partial charge >= 0.3 is 6.18 Å². The third kappa shape index (κ3) is 3.43. The first kappa shape index (κ1) is 20.0. The number of nitrogens with one attached hydrogen (secondary N) is 2. The van der Waals surface area contributed by atoms with Crippen LogP contribution in [0.2, 0.25) is 0 Å². The van der Waals surface area contributed by atoms with E-state index < -0.39 is 23.2 Å². The fraction of sp³-hybridized carbons (Fsp3) is 0.182. The average Bonchev–Trinajstić information content (AvgIpc) is 3.18. The Kier molecular flexibility index (Phi) is 4.58. The quantitative estimate of drug-likeness (QED) is 0.475. The molecule has 0 atom stereocenters. The summed E-state index contributed by atoms with van der Waals surface area (Å²) in [4.78, 5) is 17.7. The number of H-pyrrole nitrogens is 1. The number of benzene rings is 1. The van der Waals surface area contributed by atoms with Crippen LogP contribution in [-0.4, -0.2) is 26.2 Å². The van der Waals surface area contributed by atoms with Crippen LogP contribution in [0.25, 0.3) is 22.6 Å². The van der Waals surface area contributed by atoms with Crippen molar-refractivity contribution in [2.24, 2.45) is 0 Å². The lowest BCUT2D eigenvalue weighted by molar-refractivity contribution is -0.137. The van der Waals surface area contributed by atoms with Crippen molar-refractivity contribution in [3.05, 3.63) is 77.9 Å². The average molecular weight is 439 g/mol. The third-order valence-electron chi connectivity index (χ3n) is 5.47. The molecule has 162 valence electrons. The molecular weight excluding hydrogens is 423 g/mol. The predicted octanol–water partition coefficient (Wildman–Crippen LogP) is 4.56. The lowest BCUT2D eigenvalue weighted by Crippen LogP contribution is -2.36. The summed E-state index contributed by atoms with van der Waals surface area (Å²) < 4.78 is 46.9. The molecule has 0 saturated heterocycles. The van der Waals surface area contributed by atoms with Gasteiger partial charge in [-0.1, -0.05) is 11.2 Å². The van der Waals surface area contributed by atoms with E-state index in [0.29, 0.717) is 18.5 Å². The van der Waals surface area contributed by atoms with Gasteiger partial charge < -0.3 is 9.84 Å². The fourth-order valence-electron chi connectivity index (χ4n) is 3.80. The zero-order valence-electron chi connectivity index (χ0n) is 16.5. The molecule has 3 heterocycles. The molecule has 1 amide bonds. The van der Waals surface area contributed by atoms with Crippen molar-refractivity contribution in [1.82, 2.24) is 25.7 Å². The molecule has 0 radical (unpaired) electrons. The van der Waals surface area contributed by atoms with Crippen LogP contribution < -0.4 is 5.32 Å². The van der Waals surface area contributed by atoms with Crippen LogP contribution in [0.4, 0.5) is 13.2 Å². The van der Waals surface area contributed by atoms with Crippen molar-refractivity contribution in [3.63, 3.8) is 0 Å². The second-order valence-corrected chi connectivity index (χ2v) is 7.51. The molecule has 0 unspecified atom stereocenters. The highest BCUT2D eigenvalue weighted by Gasteiger charge is 2.47. The Bertz CT molecular complexity index is 1250. The molecule has 1 saturated carbocycles. The number of alkyl halides is 3. The normalized spacial score (nSPS) is 14.8. The van der Waals surface area contributed by atoms with Gasteiger partial charge in [0, 0.05) is 29.6 Å². The number of nitrogens with zero attached hydrogens (tertiary/aromatic N) is 3. The first-order valence-electron chi connectivity index (χ1n) is 9.78. The minimum absolute atomic E-state index is 0.0177. The van der Waals surface area contributed by atoms with Crippen molar-refractivity contribution in [3.8, 4) is 22.6 Å². The Labute approximate surface area is 179 Å². The van der Waals surface area contributed by atoms with Gasteiger partial charge in [-0.2, -0.15) is 18.3 Å². The topological polar surface area (TPSA) is 96.7 Å². The molecule has 7 nitrogen and oxygen atoms in total. The number of hydrogen-bond donors (Lipinski definition) is 2. The largest absolute Gasteiger partial charge is 0.417 e. The van der Waals surface area contributed by atoms with Crippen LogP contribution in [0.3, 0.4) is 0 Å². The van der Waals surface area contributed by atoms with Gasteiger partial charge in [0.15, 0.2) is 5.76 Å². The van der Waals surface area contributed by atoms with Gasteiger partial charge in [0.25, 0.3) is 5.91 Å². The molecule has 1 fully saturated rings. The summed E-state index contributed by atoms with van der Waals surface area (Å²) in [6, 6.07) is 10.3. The summed E-state index contributed by atoms with van der Waals surface area (Å²) in [5.74, 6) is -0.498. The van der Waals surface area contributed by atoms with Crippen molar-refractivity contribution in [1.29, 1.82) is 0 Å². The number of carbonyl (C=O) groups is 1. The maximum atomic E-state index is 13.9. The Morgan fingerprint density at radius 2 is 1.88 bits per heavy atom. The molecule has 4 aromatic rings. The third-order valence-corrected chi connectivity index (χ3v) is 5.47. The minimum atomic E-state index is -4.67. The Balaban J connectivity index is 1.66. The number of aromatic nitrogens is 4. The van der Waals surface area contributed by atoms with Gasteiger partial charge in [-0.25, -0.2) is 0 Å². The summed E-state index contributed by atoms with van der Waals surface area (Å²) in [5.41, 5.74) is -0.983. The van der Waals surface area contributed by atoms with Gasteiger partial charge in [0.05, 0.1) is 34.3 Å². The van der Waals surface area contributed by atoms with Crippen molar-refractivity contribution < 1.29 is 22.5 Å². The monoisotopic (exact) mass is 439 g/mol. The second-order valence-electron chi connectivity index (χ2n) is 7.51. The molecule has 10 heteroatoms. The van der Waals surface area contributed by atoms with Gasteiger partial charge in [-0.3, -0.25) is 14.9 Å². The number of aromatic amines is 1. The lowest BCUT2D eigenvalue weighted by atomic mass is 9.91. The maximum Gasteiger partial charge on any atom is 0.417 e. The van der Waals surface area contributed by atoms with E-state index in [4.69, 9.17) is 4.52 Å². The number of hydrogen-bond acceptors (Lipinski definition) is 5. The SMILES string of the molecule is O=C(NC1(c2ccccn2)CC1)c1ccc(C(F)(F)F)c(-c2ccn[nH]2)c1-c1ccno1. The minimum Gasteiger partial charge on any atom is -0.356 e. The molecule has 1 aromatic carbocycles. The lowest BCUT2D eigenvalue weighted by Gasteiger charge is -2.21. The van der Waals surface area contributed by atoms with E-state index in [1.807, 2.05) is 12.1 Å². The number of carbonyl (C=O) groups excluding carboxylic acids is 1. The summed E-state index contributed by atoms with van der Waals surface area (Å²) >= 11 is 0. The molecule has 0 spiro atoms. The van der Waals surface area contributed by atoms with Crippen molar-refractivity contribution >= 4 is 5.91 Å². The molecule has 3 aromatic heterocycles. The molecule has 0 aliphatic heterocycles. The smallest absolute Gasteiger partial charge is 0.356 e. The van der Waals surface area contributed by atoms with Gasteiger partial charge in [-0.15, -0.1) is 0 Å². The highest BCUT2D eigenvalue weighted by atomic mass is 19.4. The zero-order valence-corrected chi connectivity index (χ0v) is 16.5. The van der Waals surface area contributed by atoms with E-state index in [1.54, 1.807) is 12.3 Å². The zero-order chi connectivity index (χ0) is 22.3. The highest BCUT2D eigenvalue weighted by molar-refractivity contribution is 6.05. The van der Waals surface area contributed by atoms with E-state index in [2.05, 4.69) is 25.7 Å². The van der Waals surface area contributed by atoms with E-state index >= 15 is 0 Å². The summed E-state index contributed by atoms with van der Waals surface area (Å²) in [6.07, 6.45) is 0.978. The number of amides is 1. The van der Waals surface area contributed by atoms with Crippen molar-refractivity contribution in [2.45, 2.75) is 24.6 Å². The van der Waals surface area contributed by atoms with Crippen LogP contribution in [0, 0.1) is 0 Å². The second kappa shape index (κ2) is 7.33. The van der Waals surface area contributed by atoms with Gasteiger partial charge in [0.2, 0.25) is 0 Å². The van der Waals surface area contributed by atoms with Gasteiger partial charge in [0.1, 0.15) is 0 Å². The molecule has 1 aliphatic rings. The predicted molar refractivity (Wildman–Crippen MR) is 107 cm³/mol. The maximum absolute atomic E-state index is 13.9. The Hall–Kier alpha value is -3.95. The van der Waals surface area contributed by atoms with Crippen molar-refractivity contribution in [2.75, 3.05) is 0 Å². The molecule has 32 heavy (non-hydrogen) atoms. The van der Waals surface area contributed by atoms with Crippen LogP contribution in [0.1, 0.15) is 34.5 Å². The number of pyridine rings is 1. The van der Waals surface area contributed by atoms with Crippen LogP contribution in [0.15, 0.2) is 65.6 Å². The van der Waals surface area contributed by atoms with Gasteiger partial charge in [-0.05, 0) is 43.2 Å². The number of rotatable bonds is 5. The van der Waals surface area contributed by atoms with Crippen LogP contribution in [0.5, 0.6) is 0 Å². The Morgan fingerprint density at radius 1 is 1.03 bits per heavy atom. The number of halogens is 3. The van der Waals surface area contributed by atoms with E-state index in [9.17, 15) is 18.0 Å². The highest BCUT2D eigenvalue weighted by Crippen LogP contribution is 2.46. The standard InChI is InChI=1S/C22H16F3N5O2/c23-22(24,25)14-5-4-13(20(31)29-21(8-9-21)17-3-1-2-10-26-17)18(16-7-12-28-32-16)19(14)15-6-11-27-30-15/h1-7,10-12H,8-9H2,(H,27,30)(H,29,31). The summed E-state index contributed by atoms with van der Waals surface area (Å²) in [5, 5.41) is 12.9. The first-order chi connectivity index (χ1) is 15.4. The van der Waals surface area contributed by atoms with E-state index in [-0.39, 0.29) is 28.1 Å². The fourth-order valence-corrected chi connectivity index (χ4v) is 3.80. The molecule has 1 aliphatic carbocycles. The van der Waals surface area contributed by atoms with Crippen LogP contribution >= 0.6 is 0 Å².